The fourth-order valence-electron chi connectivity index (χ4n) is 4.72. The Morgan fingerprint density at radius 1 is 0.923 bits per heavy atom. The summed E-state index contributed by atoms with van der Waals surface area (Å²) >= 11 is 1.77. The molecule has 1 heterocycles. The van der Waals surface area contributed by atoms with Crippen molar-refractivity contribution in [2.24, 2.45) is 0 Å². The van der Waals surface area contributed by atoms with Crippen LogP contribution in [0.1, 0.15) is 107 Å². The number of nitrogens with one attached hydrogen (secondary N) is 1. The van der Waals surface area contributed by atoms with Crippen molar-refractivity contribution in [2.45, 2.75) is 97.4 Å². The number of para-hydroxylation sites is 2. The van der Waals surface area contributed by atoms with Gasteiger partial charge in [-0.25, -0.2) is 4.39 Å². The number of unbranched alkanes of at least 4 members (excludes halogenated alkanes) is 11. The van der Waals surface area contributed by atoms with Crippen molar-refractivity contribution in [3.05, 3.63) is 70.5 Å². The minimum absolute atomic E-state index is 0. The van der Waals surface area contributed by atoms with E-state index in [-0.39, 0.29) is 34.2 Å². The van der Waals surface area contributed by atoms with Gasteiger partial charge in [0, 0.05) is 17.9 Å². The standard InChI is InChI=1S/C32H45FN2O2S.BrH/c1-3-4-5-6-7-8-9-10-11-12-13-16-22-37-31-28(19-17-20-29(31)33)32(36)34-30-21-15-14-18-27(30)23-35-25-38-24-26(35)2;/h14-15,17-21,24H,3-13,16,22-23,25H2,1-2H3,(H,34,36);1H. The Labute approximate surface area is 249 Å². The van der Waals surface area contributed by atoms with E-state index in [1.54, 1.807) is 23.9 Å². The lowest BCUT2D eigenvalue weighted by Gasteiger charge is -2.21. The minimum atomic E-state index is -0.500. The van der Waals surface area contributed by atoms with Crippen molar-refractivity contribution in [3.8, 4) is 5.75 Å². The molecule has 0 fully saturated rings. The van der Waals surface area contributed by atoms with Crippen molar-refractivity contribution in [3.63, 3.8) is 0 Å². The molecule has 39 heavy (non-hydrogen) atoms. The Bertz CT molecular complexity index is 1030. The van der Waals surface area contributed by atoms with E-state index in [0.717, 1.165) is 30.0 Å². The SMILES string of the molecule is Br.CCCCCCCCCCCCCCOc1c(F)cccc1C(=O)Nc1ccccc1CN1CSC=C1C. The molecular formula is C32H46BrFN2O2S. The minimum Gasteiger partial charge on any atom is -0.490 e. The summed E-state index contributed by atoms with van der Waals surface area (Å²) in [7, 11) is 0. The zero-order chi connectivity index (χ0) is 27.0. The number of ether oxygens (including phenoxy) is 1. The summed E-state index contributed by atoms with van der Waals surface area (Å²) in [5.74, 6) is 0.0829. The lowest BCUT2D eigenvalue weighted by molar-refractivity contribution is 0.102. The number of hydrogen-bond acceptors (Lipinski definition) is 4. The third-order valence-electron chi connectivity index (χ3n) is 7.07. The summed E-state index contributed by atoms with van der Waals surface area (Å²) in [6, 6.07) is 12.3. The number of thioether (sulfide) groups is 1. The molecular weight excluding hydrogens is 575 g/mol. The van der Waals surface area contributed by atoms with E-state index in [4.69, 9.17) is 4.74 Å². The summed E-state index contributed by atoms with van der Waals surface area (Å²) < 4.78 is 20.5. The zero-order valence-electron chi connectivity index (χ0n) is 23.7. The number of allylic oxidation sites excluding steroid dienone is 1. The Hall–Kier alpha value is -1.99. The van der Waals surface area contributed by atoms with Gasteiger partial charge in [-0.3, -0.25) is 4.79 Å². The van der Waals surface area contributed by atoms with Gasteiger partial charge in [0.25, 0.3) is 5.91 Å². The number of carbonyl (C=O) groups is 1. The molecule has 4 nitrogen and oxygen atoms in total. The van der Waals surface area contributed by atoms with Crippen LogP contribution in [0.2, 0.25) is 0 Å². The van der Waals surface area contributed by atoms with E-state index >= 15 is 0 Å². The summed E-state index contributed by atoms with van der Waals surface area (Å²) in [6.45, 7) is 5.46. The number of benzene rings is 2. The molecule has 0 saturated carbocycles. The highest BCUT2D eigenvalue weighted by atomic mass is 79.9. The van der Waals surface area contributed by atoms with Crippen molar-refractivity contribution >= 4 is 40.3 Å². The highest BCUT2D eigenvalue weighted by Gasteiger charge is 2.19. The van der Waals surface area contributed by atoms with Crippen molar-refractivity contribution in [1.82, 2.24) is 4.90 Å². The number of nitrogens with zero attached hydrogens (tertiary/aromatic N) is 1. The van der Waals surface area contributed by atoms with E-state index in [1.165, 1.54) is 76.0 Å². The average molecular weight is 622 g/mol. The monoisotopic (exact) mass is 620 g/mol. The third-order valence-corrected chi connectivity index (χ3v) is 8.03. The van der Waals surface area contributed by atoms with Gasteiger partial charge in [0.2, 0.25) is 0 Å². The molecule has 1 aliphatic rings. The fraction of sp³-hybridized carbons (Fsp3) is 0.531. The van der Waals surface area contributed by atoms with Gasteiger partial charge in [-0.15, -0.1) is 28.7 Å². The molecule has 0 aliphatic carbocycles. The number of carbonyl (C=O) groups excluding carboxylic acids is 1. The summed E-state index contributed by atoms with van der Waals surface area (Å²) in [6.07, 6.45) is 15.1. The van der Waals surface area contributed by atoms with Crippen LogP contribution in [0, 0.1) is 5.82 Å². The molecule has 3 rings (SSSR count). The molecule has 0 unspecified atom stereocenters. The molecule has 216 valence electrons. The fourth-order valence-corrected chi connectivity index (χ4v) is 5.66. The van der Waals surface area contributed by atoms with E-state index < -0.39 is 5.82 Å². The molecule has 0 saturated heterocycles. The van der Waals surface area contributed by atoms with Gasteiger partial charge in [-0.05, 0) is 42.5 Å². The smallest absolute Gasteiger partial charge is 0.259 e. The lowest BCUT2D eigenvalue weighted by Crippen LogP contribution is -2.20. The van der Waals surface area contributed by atoms with Crippen LogP contribution < -0.4 is 10.1 Å². The van der Waals surface area contributed by atoms with E-state index in [2.05, 4.69) is 29.5 Å². The molecule has 1 N–H and O–H groups in total. The predicted molar refractivity (Wildman–Crippen MR) is 169 cm³/mol. The van der Waals surface area contributed by atoms with Crippen LogP contribution in [0.5, 0.6) is 5.75 Å². The Morgan fingerprint density at radius 2 is 1.56 bits per heavy atom. The van der Waals surface area contributed by atoms with Gasteiger partial charge in [-0.1, -0.05) is 102 Å². The summed E-state index contributed by atoms with van der Waals surface area (Å²) in [5, 5.41) is 5.14. The molecule has 1 amide bonds. The first kappa shape index (κ1) is 33.2. The number of hydrogen-bond donors (Lipinski definition) is 1. The molecule has 0 radical (unpaired) electrons. The third kappa shape index (κ3) is 11.6. The number of halogens is 2. The van der Waals surface area contributed by atoms with Crippen LogP contribution in [0.4, 0.5) is 10.1 Å². The van der Waals surface area contributed by atoms with Gasteiger partial charge in [0.1, 0.15) is 0 Å². The second-order valence-corrected chi connectivity index (χ2v) is 11.0. The second kappa shape index (κ2) is 19.1. The first-order valence-electron chi connectivity index (χ1n) is 14.4. The average Bonchev–Trinajstić information content (AvgIpc) is 3.32. The highest BCUT2D eigenvalue weighted by Crippen LogP contribution is 2.29. The number of anilines is 1. The summed E-state index contributed by atoms with van der Waals surface area (Å²) in [5.41, 5.74) is 3.20. The van der Waals surface area contributed by atoms with Crippen molar-refractivity contribution in [2.75, 3.05) is 17.8 Å². The summed E-state index contributed by atoms with van der Waals surface area (Å²) in [4.78, 5) is 15.5. The normalized spacial score (nSPS) is 12.7. The van der Waals surface area contributed by atoms with Gasteiger partial charge >= 0.3 is 0 Å². The molecule has 1 aliphatic heterocycles. The Kier molecular flexibility index (Phi) is 16.3. The molecule has 2 aromatic carbocycles. The van der Waals surface area contributed by atoms with Crippen LogP contribution in [0.25, 0.3) is 0 Å². The van der Waals surface area contributed by atoms with Crippen LogP contribution in [0.3, 0.4) is 0 Å². The second-order valence-electron chi connectivity index (χ2n) is 10.2. The number of amides is 1. The molecule has 0 atom stereocenters. The van der Waals surface area contributed by atoms with Gasteiger partial charge in [0.15, 0.2) is 11.6 Å². The first-order chi connectivity index (χ1) is 18.6. The van der Waals surface area contributed by atoms with E-state index in [9.17, 15) is 9.18 Å². The van der Waals surface area contributed by atoms with Crippen LogP contribution in [-0.2, 0) is 6.54 Å². The predicted octanol–water partition coefficient (Wildman–Crippen LogP) is 10.1. The van der Waals surface area contributed by atoms with Gasteiger partial charge in [-0.2, -0.15) is 0 Å². The zero-order valence-corrected chi connectivity index (χ0v) is 26.2. The maximum atomic E-state index is 14.7. The Balaban J connectivity index is 0.00000533. The van der Waals surface area contributed by atoms with Crippen LogP contribution in [0.15, 0.2) is 53.6 Å². The first-order valence-corrected chi connectivity index (χ1v) is 15.5. The Morgan fingerprint density at radius 3 is 2.21 bits per heavy atom. The quantitative estimate of drug-likeness (QED) is 0.168. The maximum absolute atomic E-state index is 14.7. The van der Waals surface area contributed by atoms with Gasteiger partial charge in [0.05, 0.1) is 18.0 Å². The van der Waals surface area contributed by atoms with Crippen LogP contribution in [-0.4, -0.2) is 23.3 Å². The number of rotatable bonds is 18. The van der Waals surface area contributed by atoms with E-state index in [1.807, 2.05) is 24.3 Å². The molecule has 0 bridgehead atoms. The van der Waals surface area contributed by atoms with Crippen molar-refractivity contribution < 1.29 is 13.9 Å². The molecule has 2 aromatic rings. The topological polar surface area (TPSA) is 41.6 Å². The largest absolute Gasteiger partial charge is 0.490 e. The van der Waals surface area contributed by atoms with E-state index in [0.29, 0.717) is 13.2 Å². The lowest BCUT2D eigenvalue weighted by atomic mass is 10.1. The molecule has 0 aromatic heterocycles. The van der Waals surface area contributed by atoms with Crippen molar-refractivity contribution in [1.29, 1.82) is 0 Å². The maximum Gasteiger partial charge on any atom is 0.259 e. The molecule has 0 spiro atoms. The highest BCUT2D eigenvalue weighted by molar-refractivity contribution is 8.93. The molecule has 7 heteroatoms. The van der Waals surface area contributed by atoms with Crippen LogP contribution >= 0.6 is 28.7 Å². The van der Waals surface area contributed by atoms with Gasteiger partial charge < -0.3 is 15.0 Å².